The summed E-state index contributed by atoms with van der Waals surface area (Å²) in [5, 5.41) is 18.0. The Balaban J connectivity index is 1.22. The summed E-state index contributed by atoms with van der Waals surface area (Å²) in [6, 6.07) is 30.3. The molecule has 0 unspecified atom stereocenters. The van der Waals surface area contributed by atoms with Crippen LogP contribution < -0.4 is 9.44 Å². The highest BCUT2D eigenvalue weighted by Crippen LogP contribution is 2.15. The van der Waals surface area contributed by atoms with Crippen molar-refractivity contribution in [2.75, 3.05) is 0 Å². The molecule has 0 atom stereocenters. The van der Waals surface area contributed by atoms with E-state index in [-0.39, 0.29) is 34.0 Å². The first-order valence-electron chi connectivity index (χ1n) is 12.4. The van der Waals surface area contributed by atoms with Crippen molar-refractivity contribution in [1.82, 2.24) is 9.44 Å². The van der Waals surface area contributed by atoms with Crippen molar-refractivity contribution in [3.8, 4) is 12.1 Å². The predicted molar refractivity (Wildman–Crippen MR) is 152 cm³/mol. The van der Waals surface area contributed by atoms with Crippen LogP contribution in [0.25, 0.3) is 0 Å². The molecular formula is C30H26N4O5S2. The van der Waals surface area contributed by atoms with E-state index in [9.17, 15) is 16.8 Å². The Kier molecular flexibility index (Phi) is 9.63. The molecule has 0 aliphatic rings. The van der Waals surface area contributed by atoms with Crippen molar-refractivity contribution in [2.24, 2.45) is 0 Å². The Morgan fingerprint density at radius 2 is 0.927 bits per heavy atom. The number of benzene rings is 4. The second-order valence-corrected chi connectivity index (χ2v) is 12.6. The normalized spacial score (nSPS) is 11.5. The van der Waals surface area contributed by atoms with Crippen molar-refractivity contribution in [3.63, 3.8) is 0 Å². The van der Waals surface area contributed by atoms with E-state index >= 15 is 0 Å². The van der Waals surface area contributed by atoms with E-state index in [0.717, 1.165) is 22.3 Å². The van der Waals surface area contributed by atoms with Crippen molar-refractivity contribution >= 4 is 20.0 Å². The molecule has 0 amide bonds. The lowest BCUT2D eigenvalue weighted by molar-refractivity contribution is 0.107. The van der Waals surface area contributed by atoms with Crippen LogP contribution in [0, 0.1) is 22.7 Å². The van der Waals surface area contributed by atoms with Crippen LogP contribution in [0.1, 0.15) is 33.4 Å². The number of rotatable bonds is 12. The Morgan fingerprint density at radius 1 is 0.561 bits per heavy atom. The molecule has 0 saturated heterocycles. The van der Waals surface area contributed by atoms with Crippen LogP contribution >= 0.6 is 0 Å². The number of nitrogens with zero attached hydrogens (tertiary/aromatic N) is 2. The number of nitrogens with one attached hydrogen (secondary N) is 2. The standard InChI is InChI=1S/C30H26N4O5S2/c31-17-27-3-1-5-29(15-27)40(35,36)33-19-23-7-11-25(12-8-23)21-39-22-26-13-9-24(10-14-26)20-34-41(37,38)30-6-2-4-28(16-30)18-32/h1-16,33-34H,19-22H2. The van der Waals surface area contributed by atoms with Gasteiger partial charge in [0.1, 0.15) is 0 Å². The third-order valence-electron chi connectivity index (χ3n) is 6.06. The minimum absolute atomic E-state index is 0.0400. The quantitative estimate of drug-likeness (QED) is 0.254. The molecule has 208 valence electrons. The van der Waals surface area contributed by atoms with Crippen molar-refractivity contribution in [1.29, 1.82) is 10.5 Å². The van der Waals surface area contributed by atoms with Gasteiger partial charge in [0.2, 0.25) is 20.0 Å². The minimum atomic E-state index is -3.75. The van der Waals surface area contributed by atoms with E-state index < -0.39 is 20.0 Å². The number of nitriles is 2. The summed E-state index contributed by atoms with van der Waals surface area (Å²) in [6.07, 6.45) is 0. The molecule has 2 N–H and O–H groups in total. The van der Waals surface area contributed by atoms with Gasteiger partial charge in [0.25, 0.3) is 0 Å². The van der Waals surface area contributed by atoms with Crippen LogP contribution in [0.5, 0.6) is 0 Å². The van der Waals surface area contributed by atoms with Crippen LogP contribution in [0.3, 0.4) is 0 Å². The maximum Gasteiger partial charge on any atom is 0.240 e. The van der Waals surface area contributed by atoms with Gasteiger partial charge in [-0.25, -0.2) is 26.3 Å². The molecule has 0 aromatic heterocycles. The highest BCUT2D eigenvalue weighted by atomic mass is 32.2. The molecule has 0 bridgehead atoms. The molecule has 4 aromatic rings. The molecular weight excluding hydrogens is 560 g/mol. The first-order chi connectivity index (χ1) is 19.7. The Bertz CT molecular complexity index is 1670. The predicted octanol–water partition coefficient (Wildman–Crippen LogP) is 4.10. The molecule has 0 radical (unpaired) electrons. The summed E-state index contributed by atoms with van der Waals surface area (Å²) < 4.78 is 61.0. The fourth-order valence-corrected chi connectivity index (χ4v) is 5.91. The number of sulfonamides is 2. The fraction of sp³-hybridized carbons (Fsp3) is 0.133. The van der Waals surface area contributed by atoms with E-state index in [2.05, 4.69) is 9.44 Å². The first kappa shape index (κ1) is 29.6. The lowest BCUT2D eigenvalue weighted by Crippen LogP contribution is -2.23. The van der Waals surface area contributed by atoms with Gasteiger partial charge in [0.15, 0.2) is 0 Å². The zero-order valence-corrected chi connectivity index (χ0v) is 23.5. The average molecular weight is 587 g/mol. The number of hydrogen-bond acceptors (Lipinski definition) is 7. The van der Waals surface area contributed by atoms with E-state index in [4.69, 9.17) is 15.3 Å². The number of hydrogen-bond donors (Lipinski definition) is 2. The Hall–Kier alpha value is -4.36. The first-order valence-corrected chi connectivity index (χ1v) is 15.4. The van der Waals surface area contributed by atoms with Gasteiger partial charge in [0, 0.05) is 13.1 Å². The van der Waals surface area contributed by atoms with Gasteiger partial charge in [-0.2, -0.15) is 10.5 Å². The van der Waals surface area contributed by atoms with E-state index in [1.54, 1.807) is 12.1 Å². The summed E-state index contributed by atoms with van der Waals surface area (Å²) in [4.78, 5) is 0.0800. The molecule has 0 aliphatic heterocycles. The maximum atomic E-state index is 12.5. The zero-order chi connectivity index (χ0) is 29.3. The molecule has 0 spiro atoms. The van der Waals surface area contributed by atoms with E-state index in [0.29, 0.717) is 13.2 Å². The summed E-state index contributed by atoms with van der Waals surface area (Å²) >= 11 is 0. The molecule has 0 saturated carbocycles. The third kappa shape index (κ3) is 8.32. The van der Waals surface area contributed by atoms with Gasteiger partial charge in [-0.05, 0) is 58.7 Å². The molecule has 9 nitrogen and oxygen atoms in total. The Labute approximate surface area is 239 Å². The summed E-state index contributed by atoms with van der Waals surface area (Å²) in [5.41, 5.74) is 3.94. The monoisotopic (exact) mass is 586 g/mol. The van der Waals surface area contributed by atoms with Crippen LogP contribution in [0.15, 0.2) is 107 Å². The summed E-state index contributed by atoms with van der Waals surface area (Å²) in [6.45, 7) is 0.927. The van der Waals surface area contributed by atoms with Crippen molar-refractivity contribution in [2.45, 2.75) is 36.1 Å². The molecule has 41 heavy (non-hydrogen) atoms. The smallest absolute Gasteiger partial charge is 0.240 e. The molecule has 0 fully saturated rings. The SMILES string of the molecule is N#Cc1cccc(S(=O)(=O)NCc2ccc(COCc3ccc(CNS(=O)(=O)c4cccc(C#N)c4)cc3)cc2)c1. The largest absolute Gasteiger partial charge is 0.372 e. The molecule has 4 aromatic carbocycles. The van der Waals surface area contributed by atoms with Crippen LogP contribution in [-0.2, 0) is 51.1 Å². The molecule has 0 aliphatic carbocycles. The van der Waals surface area contributed by atoms with Gasteiger partial charge in [-0.15, -0.1) is 0 Å². The molecule has 4 rings (SSSR count). The van der Waals surface area contributed by atoms with Gasteiger partial charge in [-0.1, -0.05) is 60.7 Å². The maximum absolute atomic E-state index is 12.5. The minimum Gasteiger partial charge on any atom is -0.372 e. The number of ether oxygens (including phenoxy) is 1. The average Bonchev–Trinajstić information content (AvgIpc) is 3.00. The van der Waals surface area contributed by atoms with E-state index in [1.807, 2.05) is 60.7 Å². The van der Waals surface area contributed by atoms with E-state index in [1.165, 1.54) is 36.4 Å². The van der Waals surface area contributed by atoms with Crippen LogP contribution in [0.2, 0.25) is 0 Å². The zero-order valence-electron chi connectivity index (χ0n) is 21.8. The second-order valence-electron chi connectivity index (χ2n) is 9.05. The highest BCUT2D eigenvalue weighted by molar-refractivity contribution is 7.89. The molecule has 11 heteroatoms. The fourth-order valence-electron chi connectivity index (χ4n) is 3.78. The Morgan fingerprint density at radius 3 is 1.29 bits per heavy atom. The lowest BCUT2D eigenvalue weighted by atomic mass is 10.1. The van der Waals surface area contributed by atoms with Crippen LogP contribution in [-0.4, -0.2) is 16.8 Å². The van der Waals surface area contributed by atoms with Gasteiger partial charge in [-0.3, -0.25) is 0 Å². The van der Waals surface area contributed by atoms with Crippen molar-refractivity contribution < 1.29 is 21.6 Å². The summed E-state index contributed by atoms with van der Waals surface area (Å²) in [7, 11) is -7.49. The van der Waals surface area contributed by atoms with Gasteiger partial charge in [0.05, 0.1) is 46.3 Å². The lowest BCUT2D eigenvalue weighted by Gasteiger charge is -2.09. The van der Waals surface area contributed by atoms with Crippen molar-refractivity contribution in [3.05, 3.63) is 130 Å². The topological polar surface area (TPSA) is 149 Å². The van der Waals surface area contributed by atoms with Gasteiger partial charge >= 0.3 is 0 Å². The highest BCUT2D eigenvalue weighted by Gasteiger charge is 2.15. The molecule has 0 heterocycles. The van der Waals surface area contributed by atoms with Gasteiger partial charge < -0.3 is 4.74 Å². The van der Waals surface area contributed by atoms with Crippen LogP contribution in [0.4, 0.5) is 0 Å². The third-order valence-corrected chi connectivity index (χ3v) is 8.86. The summed E-state index contributed by atoms with van der Waals surface area (Å²) in [5.74, 6) is 0. The second kappa shape index (κ2) is 13.3.